The maximum absolute atomic E-state index is 5.34. The molecule has 0 aliphatic heterocycles. The molecule has 0 saturated carbocycles. The molecule has 7 nitrogen and oxygen atoms in total. The van der Waals surface area contributed by atoms with Crippen LogP contribution in [-0.2, 0) is 0 Å². The molecule has 0 bridgehead atoms. The van der Waals surface area contributed by atoms with Gasteiger partial charge in [-0.15, -0.1) is 0 Å². The molecule has 0 aliphatic rings. The van der Waals surface area contributed by atoms with E-state index in [4.69, 9.17) is 14.2 Å². The van der Waals surface area contributed by atoms with Crippen LogP contribution >= 0.6 is 0 Å². The third-order valence-corrected chi connectivity index (χ3v) is 2.89. The van der Waals surface area contributed by atoms with Crippen LogP contribution in [0.1, 0.15) is 0 Å². The largest absolute Gasteiger partial charge is 0.493 e. The maximum atomic E-state index is 5.34. The van der Waals surface area contributed by atoms with Crippen LogP contribution in [0.25, 0.3) is 0 Å². The molecule has 0 spiro atoms. The molecular formula is C14H18N4O3. The Hall–Kier alpha value is -2.70. The van der Waals surface area contributed by atoms with Crippen LogP contribution < -0.4 is 24.8 Å². The Balaban J connectivity index is 2.34. The van der Waals surface area contributed by atoms with Crippen LogP contribution in [0.2, 0.25) is 0 Å². The first-order valence-corrected chi connectivity index (χ1v) is 6.29. The molecule has 2 N–H and O–H groups in total. The number of rotatable bonds is 6. The molecule has 1 aromatic heterocycles. The first-order chi connectivity index (χ1) is 10.2. The van der Waals surface area contributed by atoms with Gasteiger partial charge in [0.2, 0.25) is 5.75 Å². The molecule has 0 amide bonds. The number of aromatic nitrogens is 2. The zero-order chi connectivity index (χ0) is 15.2. The highest BCUT2D eigenvalue weighted by Crippen LogP contribution is 2.34. The molecule has 112 valence electrons. The fourth-order valence-electron chi connectivity index (χ4n) is 1.88. The number of hydrogen-bond acceptors (Lipinski definition) is 7. The van der Waals surface area contributed by atoms with Gasteiger partial charge in [-0.05, 0) is 12.1 Å². The SMILES string of the molecule is CNc1ncnc(Nc2ccc(OC)c(OC)c2)c1OC. The number of nitrogens with one attached hydrogen (secondary N) is 2. The van der Waals surface area contributed by atoms with Crippen molar-refractivity contribution in [2.75, 3.05) is 39.0 Å². The standard InChI is InChI=1S/C14H18N4O3/c1-15-13-12(21-4)14(17-8-16-13)18-9-5-6-10(19-2)11(7-9)20-3/h5-8H,1-4H3,(H2,15,16,17,18). The molecule has 0 fully saturated rings. The molecule has 1 heterocycles. The minimum absolute atomic E-state index is 0.537. The molecule has 0 aliphatic carbocycles. The molecule has 1 aromatic carbocycles. The topological polar surface area (TPSA) is 77.5 Å². The van der Waals surface area contributed by atoms with Gasteiger partial charge in [0.1, 0.15) is 6.33 Å². The van der Waals surface area contributed by atoms with E-state index in [0.29, 0.717) is 28.9 Å². The smallest absolute Gasteiger partial charge is 0.204 e. The summed E-state index contributed by atoms with van der Waals surface area (Å²) in [5.74, 6) is 2.99. The predicted molar refractivity (Wildman–Crippen MR) is 81.0 cm³/mol. The average Bonchev–Trinajstić information content (AvgIpc) is 2.54. The van der Waals surface area contributed by atoms with Crippen LogP contribution in [0.5, 0.6) is 17.2 Å². The minimum Gasteiger partial charge on any atom is -0.493 e. The lowest BCUT2D eigenvalue weighted by molar-refractivity contribution is 0.355. The molecule has 2 aromatic rings. The molecule has 0 saturated heterocycles. The van der Waals surface area contributed by atoms with E-state index >= 15 is 0 Å². The fraction of sp³-hybridized carbons (Fsp3) is 0.286. The lowest BCUT2D eigenvalue weighted by Crippen LogP contribution is -2.03. The van der Waals surface area contributed by atoms with Gasteiger partial charge in [-0.1, -0.05) is 0 Å². The van der Waals surface area contributed by atoms with Crippen molar-refractivity contribution in [3.8, 4) is 17.2 Å². The van der Waals surface area contributed by atoms with E-state index in [1.807, 2.05) is 18.2 Å². The van der Waals surface area contributed by atoms with Crippen LogP contribution in [0.4, 0.5) is 17.3 Å². The van der Waals surface area contributed by atoms with Crippen molar-refractivity contribution in [1.82, 2.24) is 9.97 Å². The Morgan fingerprint density at radius 1 is 0.905 bits per heavy atom. The van der Waals surface area contributed by atoms with E-state index in [-0.39, 0.29) is 0 Å². The molecule has 0 unspecified atom stereocenters. The summed E-state index contributed by atoms with van der Waals surface area (Å²) in [5, 5.41) is 6.13. The van der Waals surface area contributed by atoms with E-state index in [1.165, 1.54) is 6.33 Å². The third-order valence-electron chi connectivity index (χ3n) is 2.89. The molecule has 2 rings (SSSR count). The summed E-state index contributed by atoms with van der Waals surface area (Å²) in [5.41, 5.74) is 0.798. The number of benzene rings is 1. The molecule has 7 heteroatoms. The van der Waals surface area contributed by atoms with Crippen molar-refractivity contribution in [2.45, 2.75) is 0 Å². The second-order valence-electron chi connectivity index (χ2n) is 4.05. The van der Waals surface area contributed by atoms with Crippen molar-refractivity contribution in [1.29, 1.82) is 0 Å². The predicted octanol–water partition coefficient (Wildman–Crippen LogP) is 2.29. The van der Waals surface area contributed by atoms with Crippen LogP contribution in [0.3, 0.4) is 0 Å². The number of nitrogens with zero attached hydrogens (tertiary/aromatic N) is 2. The first-order valence-electron chi connectivity index (χ1n) is 6.29. The Morgan fingerprint density at radius 3 is 2.24 bits per heavy atom. The number of hydrogen-bond donors (Lipinski definition) is 2. The van der Waals surface area contributed by atoms with Gasteiger partial charge in [0.05, 0.1) is 21.3 Å². The molecule has 21 heavy (non-hydrogen) atoms. The lowest BCUT2D eigenvalue weighted by atomic mass is 10.2. The highest BCUT2D eigenvalue weighted by molar-refractivity contribution is 5.70. The van der Waals surface area contributed by atoms with E-state index < -0.39 is 0 Å². The zero-order valence-corrected chi connectivity index (χ0v) is 12.4. The van der Waals surface area contributed by atoms with Crippen molar-refractivity contribution >= 4 is 17.3 Å². The summed E-state index contributed by atoms with van der Waals surface area (Å²) in [7, 11) is 6.52. The summed E-state index contributed by atoms with van der Waals surface area (Å²) in [4.78, 5) is 8.29. The van der Waals surface area contributed by atoms with Crippen molar-refractivity contribution in [3.05, 3.63) is 24.5 Å². The zero-order valence-electron chi connectivity index (χ0n) is 12.4. The summed E-state index contributed by atoms with van der Waals surface area (Å²) < 4.78 is 15.8. The number of anilines is 3. The van der Waals surface area contributed by atoms with E-state index in [1.54, 1.807) is 28.4 Å². The monoisotopic (exact) mass is 290 g/mol. The second-order valence-corrected chi connectivity index (χ2v) is 4.05. The summed E-state index contributed by atoms with van der Waals surface area (Å²) in [6, 6.07) is 5.50. The van der Waals surface area contributed by atoms with E-state index in [9.17, 15) is 0 Å². The maximum Gasteiger partial charge on any atom is 0.204 e. The molecular weight excluding hydrogens is 272 g/mol. The van der Waals surface area contributed by atoms with Gasteiger partial charge >= 0.3 is 0 Å². The quantitative estimate of drug-likeness (QED) is 0.845. The second kappa shape index (κ2) is 6.65. The van der Waals surface area contributed by atoms with Crippen molar-refractivity contribution in [2.24, 2.45) is 0 Å². The first kappa shape index (κ1) is 14.7. The van der Waals surface area contributed by atoms with Gasteiger partial charge < -0.3 is 24.8 Å². The normalized spacial score (nSPS) is 9.90. The fourth-order valence-corrected chi connectivity index (χ4v) is 1.88. The highest BCUT2D eigenvalue weighted by Gasteiger charge is 2.12. The number of ether oxygens (including phenoxy) is 3. The third kappa shape index (κ3) is 3.07. The Bertz CT molecular complexity index is 619. The number of methoxy groups -OCH3 is 3. The average molecular weight is 290 g/mol. The lowest BCUT2D eigenvalue weighted by Gasteiger charge is -2.14. The van der Waals surface area contributed by atoms with Crippen LogP contribution in [0.15, 0.2) is 24.5 Å². The van der Waals surface area contributed by atoms with Gasteiger partial charge in [0.25, 0.3) is 0 Å². The van der Waals surface area contributed by atoms with Gasteiger partial charge in [0.15, 0.2) is 23.1 Å². The van der Waals surface area contributed by atoms with Crippen molar-refractivity contribution in [3.63, 3.8) is 0 Å². The van der Waals surface area contributed by atoms with Gasteiger partial charge in [-0.2, -0.15) is 0 Å². The highest BCUT2D eigenvalue weighted by atomic mass is 16.5. The van der Waals surface area contributed by atoms with Gasteiger partial charge in [0, 0.05) is 18.8 Å². The molecule has 0 radical (unpaired) electrons. The summed E-state index contributed by atoms with van der Waals surface area (Å²) in [6.07, 6.45) is 1.46. The van der Waals surface area contributed by atoms with E-state index in [2.05, 4.69) is 20.6 Å². The Labute approximate surface area is 123 Å². The van der Waals surface area contributed by atoms with E-state index in [0.717, 1.165) is 5.69 Å². The van der Waals surface area contributed by atoms with Gasteiger partial charge in [-0.25, -0.2) is 9.97 Å². The van der Waals surface area contributed by atoms with Crippen LogP contribution in [-0.4, -0.2) is 38.3 Å². The minimum atomic E-state index is 0.537. The molecule has 0 atom stereocenters. The Kier molecular flexibility index (Phi) is 4.65. The summed E-state index contributed by atoms with van der Waals surface area (Å²) in [6.45, 7) is 0. The van der Waals surface area contributed by atoms with Crippen molar-refractivity contribution < 1.29 is 14.2 Å². The Morgan fingerprint density at radius 2 is 1.62 bits per heavy atom. The van der Waals surface area contributed by atoms with Crippen LogP contribution in [0, 0.1) is 0 Å². The summed E-state index contributed by atoms with van der Waals surface area (Å²) >= 11 is 0. The van der Waals surface area contributed by atoms with Gasteiger partial charge in [-0.3, -0.25) is 0 Å².